The fourth-order valence-corrected chi connectivity index (χ4v) is 3.29. The van der Waals surface area contributed by atoms with Crippen molar-refractivity contribution in [2.45, 2.75) is 4.90 Å². The van der Waals surface area contributed by atoms with Crippen LogP contribution in [0, 0.1) is 0 Å². The summed E-state index contributed by atoms with van der Waals surface area (Å²) in [6, 6.07) is 13.8. The third-order valence-electron chi connectivity index (χ3n) is 2.98. The summed E-state index contributed by atoms with van der Waals surface area (Å²) in [7, 11) is -3.63. The van der Waals surface area contributed by atoms with Crippen molar-refractivity contribution in [2.24, 2.45) is 0 Å². The molecule has 3 aromatic rings. The van der Waals surface area contributed by atoms with Gasteiger partial charge in [0, 0.05) is 28.5 Å². The molecule has 3 rings (SSSR count). The van der Waals surface area contributed by atoms with Crippen LogP contribution in [0.5, 0.6) is 0 Å². The van der Waals surface area contributed by atoms with Crippen molar-refractivity contribution >= 4 is 32.3 Å². The Balaban J connectivity index is 2.06. The van der Waals surface area contributed by atoms with Gasteiger partial charge in [-0.1, -0.05) is 18.2 Å². The first-order valence-electron chi connectivity index (χ1n) is 6.01. The number of sulfonamides is 1. The number of aromatic amines is 1. The van der Waals surface area contributed by atoms with Gasteiger partial charge >= 0.3 is 0 Å². The number of rotatable bonds is 3. The average Bonchev–Trinajstić information content (AvgIpc) is 2.83. The lowest BCUT2D eigenvalue weighted by molar-refractivity contribution is 0.602. The fraction of sp³-hybridized carbons (Fsp3) is 0. The Labute approximate surface area is 116 Å². The summed E-state index contributed by atoms with van der Waals surface area (Å²) in [6.45, 7) is 0. The first kappa shape index (κ1) is 12.6. The number of benzene rings is 2. The van der Waals surface area contributed by atoms with E-state index < -0.39 is 10.0 Å². The summed E-state index contributed by atoms with van der Waals surface area (Å²) >= 11 is 0. The molecule has 1 aromatic heterocycles. The van der Waals surface area contributed by atoms with Crippen LogP contribution in [0.3, 0.4) is 0 Å². The van der Waals surface area contributed by atoms with Gasteiger partial charge in [0.15, 0.2) is 0 Å². The SMILES string of the molecule is Nc1ccc2c(S(=O)(=O)Nc3ccccc3)c[nH]c2c1. The number of nitrogen functional groups attached to an aromatic ring is 1. The second-order valence-electron chi connectivity index (χ2n) is 4.43. The van der Waals surface area contributed by atoms with Gasteiger partial charge in [-0.15, -0.1) is 0 Å². The highest BCUT2D eigenvalue weighted by Gasteiger charge is 2.18. The molecule has 0 spiro atoms. The van der Waals surface area contributed by atoms with Crippen LogP contribution in [-0.2, 0) is 10.0 Å². The molecule has 102 valence electrons. The molecular formula is C14H13N3O2S. The maximum atomic E-state index is 12.4. The minimum atomic E-state index is -3.63. The van der Waals surface area contributed by atoms with Crippen LogP contribution in [-0.4, -0.2) is 13.4 Å². The Kier molecular flexibility index (Phi) is 2.87. The van der Waals surface area contributed by atoms with Crippen molar-refractivity contribution in [1.82, 2.24) is 4.98 Å². The number of aromatic nitrogens is 1. The van der Waals surface area contributed by atoms with Crippen molar-refractivity contribution in [2.75, 3.05) is 10.5 Å². The molecule has 0 unspecified atom stereocenters. The Hall–Kier alpha value is -2.47. The zero-order valence-electron chi connectivity index (χ0n) is 10.5. The van der Waals surface area contributed by atoms with E-state index >= 15 is 0 Å². The van der Waals surface area contributed by atoms with Gasteiger partial charge in [-0.2, -0.15) is 0 Å². The van der Waals surface area contributed by atoms with Gasteiger partial charge in [0.05, 0.1) is 0 Å². The molecule has 2 aromatic carbocycles. The molecule has 0 saturated carbocycles. The fourth-order valence-electron chi connectivity index (χ4n) is 2.06. The lowest BCUT2D eigenvalue weighted by atomic mass is 10.2. The first-order chi connectivity index (χ1) is 9.56. The van der Waals surface area contributed by atoms with E-state index in [2.05, 4.69) is 9.71 Å². The van der Waals surface area contributed by atoms with E-state index in [9.17, 15) is 8.42 Å². The zero-order valence-corrected chi connectivity index (χ0v) is 11.3. The Morgan fingerprint density at radius 1 is 1.05 bits per heavy atom. The van der Waals surface area contributed by atoms with Crippen molar-refractivity contribution < 1.29 is 8.42 Å². The molecule has 6 heteroatoms. The minimum Gasteiger partial charge on any atom is -0.399 e. The lowest BCUT2D eigenvalue weighted by Gasteiger charge is -2.06. The number of hydrogen-bond donors (Lipinski definition) is 3. The lowest BCUT2D eigenvalue weighted by Crippen LogP contribution is -2.12. The van der Waals surface area contributed by atoms with Crippen LogP contribution in [0.1, 0.15) is 0 Å². The Morgan fingerprint density at radius 2 is 1.80 bits per heavy atom. The number of H-pyrrole nitrogens is 1. The van der Waals surface area contributed by atoms with Crippen molar-refractivity contribution in [3.05, 3.63) is 54.7 Å². The summed E-state index contributed by atoms with van der Waals surface area (Å²) in [4.78, 5) is 3.13. The number of para-hydroxylation sites is 1. The molecule has 0 aliphatic heterocycles. The van der Waals surface area contributed by atoms with Crippen LogP contribution in [0.15, 0.2) is 59.6 Å². The zero-order chi connectivity index (χ0) is 14.2. The normalized spacial score (nSPS) is 11.6. The maximum absolute atomic E-state index is 12.4. The van der Waals surface area contributed by atoms with E-state index in [1.165, 1.54) is 6.20 Å². The van der Waals surface area contributed by atoms with Crippen LogP contribution in [0.25, 0.3) is 10.9 Å². The van der Waals surface area contributed by atoms with E-state index in [1.807, 2.05) is 6.07 Å². The number of nitrogens with two attached hydrogens (primary N) is 1. The second kappa shape index (κ2) is 4.57. The average molecular weight is 287 g/mol. The highest BCUT2D eigenvalue weighted by atomic mass is 32.2. The number of hydrogen-bond acceptors (Lipinski definition) is 3. The summed E-state index contributed by atoms with van der Waals surface area (Å²) in [5.74, 6) is 0. The molecular weight excluding hydrogens is 274 g/mol. The predicted octanol–water partition coefficient (Wildman–Crippen LogP) is 2.55. The van der Waals surface area contributed by atoms with Crippen molar-refractivity contribution in [3.8, 4) is 0 Å². The molecule has 0 aliphatic carbocycles. The van der Waals surface area contributed by atoms with E-state index in [-0.39, 0.29) is 4.90 Å². The van der Waals surface area contributed by atoms with Gasteiger partial charge in [-0.25, -0.2) is 8.42 Å². The van der Waals surface area contributed by atoms with Gasteiger partial charge < -0.3 is 10.7 Å². The van der Waals surface area contributed by atoms with Crippen LogP contribution in [0.4, 0.5) is 11.4 Å². The Bertz CT molecular complexity index is 855. The van der Waals surface area contributed by atoms with E-state index in [0.29, 0.717) is 22.3 Å². The molecule has 4 N–H and O–H groups in total. The van der Waals surface area contributed by atoms with Gasteiger partial charge in [0.25, 0.3) is 10.0 Å². The second-order valence-corrected chi connectivity index (χ2v) is 6.08. The largest absolute Gasteiger partial charge is 0.399 e. The summed E-state index contributed by atoms with van der Waals surface area (Å²) in [5, 5.41) is 0.614. The van der Waals surface area contributed by atoms with Crippen molar-refractivity contribution in [3.63, 3.8) is 0 Å². The quantitative estimate of drug-likeness (QED) is 0.647. The van der Waals surface area contributed by atoms with Gasteiger partial charge in [0.2, 0.25) is 0 Å². The van der Waals surface area contributed by atoms with E-state index in [4.69, 9.17) is 5.73 Å². The summed E-state index contributed by atoms with van der Waals surface area (Å²) < 4.78 is 27.3. The predicted molar refractivity (Wildman–Crippen MR) is 80.0 cm³/mol. The van der Waals surface area contributed by atoms with Gasteiger partial charge in [0.1, 0.15) is 4.90 Å². The molecule has 0 saturated heterocycles. The monoisotopic (exact) mass is 287 g/mol. The van der Waals surface area contributed by atoms with Gasteiger partial charge in [-0.05, 0) is 30.3 Å². The Morgan fingerprint density at radius 3 is 2.55 bits per heavy atom. The van der Waals surface area contributed by atoms with E-state index in [0.717, 1.165) is 0 Å². The molecule has 0 amide bonds. The molecule has 0 fully saturated rings. The van der Waals surface area contributed by atoms with Crippen LogP contribution in [0.2, 0.25) is 0 Å². The molecule has 1 heterocycles. The standard InChI is InChI=1S/C14H13N3O2S/c15-10-6-7-12-13(8-10)16-9-14(12)20(18,19)17-11-4-2-1-3-5-11/h1-9,16-17H,15H2. The number of anilines is 2. The van der Waals surface area contributed by atoms with Crippen molar-refractivity contribution in [1.29, 1.82) is 0 Å². The highest BCUT2D eigenvalue weighted by Crippen LogP contribution is 2.26. The maximum Gasteiger partial charge on any atom is 0.264 e. The first-order valence-corrected chi connectivity index (χ1v) is 7.49. The van der Waals surface area contributed by atoms with Crippen LogP contribution >= 0.6 is 0 Å². The third-order valence-corrected chi connectivity index (χ3v) is 4.40. The third kappa shape index (κ3) is 2.21. The van der Waals surface area contributed by atoms with E-state index in [1.54, 1.807) is 42.5 Å². The minimum absolute atomic E-state index is 0.205. The molecule has 0 aliphatic rings. The summed E-state index contributed by atoms with van der Waals surface area (Å²) in [6.07, 6.45) is 1.47. The number of nitrogens with one attached hydrogen (secondary N) is 2. The molecule has 0 atom stereocenters. The molecule has 20 heavy (non-hydrogen) atoms. The topological polar surface area (TPSA) is 88.0 Å². The smallest absolute Gasteiger partial charge is 0.264 e. The van der Waals surface area contributed by atoms with Gasteiger partial charge in [-0.3, -0.25) is 4.72 Å². The molecule has 5 nitrogen and oxygen atoms in total. The number of fused-ring (bicyclic) bond motifs is 1. The summed E-state index contributed by atoms with van der Waals surface area (Å²) in [5.41, 5.74) is 7.48. The molecule has 0 bridgehead atoms. The highest BCUT2D eigenvalue weighted by molar-refractivity contribution is 7.93. The molecule has 0 radical (unpaired) electrons. The van der Waals surface area contributed by atoms with Crippen LogP contribution < -0.4 is 10.5 Å².